The summed E-state index contributed by atoms with van der Waals surface area (Å²) in [6.07, 6.45) is 0. The number of para-hydroxylation sites is 1. The number of aliphatic hydroxyl groups excluding tert-OH is 1. The van der Waals surface area contributed by atoms with E-state index in [1.165, 1.54) is 6.07 Å². The number of benzene rings is 1. The number of hydrogen-bond acceptors (Lipinski definition) is 3. The van der Waals surface area contributed by atoms with Crippen molar-refractivity contribution in [2.24, 2.45) is 10.9 Å². The highest BCUT2D eigenvalue weighted by Gasteiger charge is 2.08. The van der Waals surface area contributed by atoms with E-state index in [4.69, 9.17) is 9.84 Å². The minimum atomic E-state index is -0.359. The van der Waals surface area contributed by atoms with Crippen LogP contribution >= 0.6 is 24.0 Å². The van der Waals surface area contributed by atoms with Crippen LogP contribution in [0.5, 0.6) is 5.75 Å². The van der Waals surface area contributed by atoms with Crippen LogP contribution in [-0.4, -0.2) is 55.9 Å². The van der Waals surface area contributed by atoms with Gasteiger partial charge in [0.1, 0.15) is 6.61 Å². The van der Waals surface area contributed by atoms with Gasteiger partial charge in [0.15, 0.2) is 17.5 Å². The smallest absolute Gasteiger partial charge is 0.193 e. The second kappa shape index (κ2) is 12.3. The van der Waals surface area contributed by atoms with Gasteiger partial charge in [0.05, 0.1) is 6.54 Å². The van der Waals surface area contributed by atoms with Crippen molar-refractivity contribution in [1.82, 2.24) is 10.2 Å². The largest absolute Gasteiger partial charge is 0.489 e. The summed E-state index contributed by atoms with van der Waals surface area (Å²) in [6.45, 7) is 6.29. The molecule has 1 aromatic rings. The first-order valence-corrected chi connectivity index (χ1v) is 7.56. The summed E-state index contributed by atoms with van der Waals surface area (Å²) >= 11 is 0. The van der Waals surface area contributed by atoms with Crippen LogP contribution in [0.4, 0.5) is 4.39 Å². The highest BCUT2D eigenvalue weighted by molar-refractivity contribution is 14.0. The Labute approximate surface area is 155 Å². The molecule has 0 saturated heterocycles. The SMILES string of the molecule is CCNC(=NCC(C)CO)N(C)CCOc1ccccc1F.I. The molecule has 0 aliphatic heterocycles. The van der Waals surface area contributed by atoms with Crippen molar-refractivity contribution < 1.29 is 14.2 Å². The van der Waals surface area contributed by atoms with Gasteiger partial charge < -0.3 is 20.1 Å². The molecule has 0 spiro atoms. The molecule has 23 heavy (non-hydrogen) atoms. The Morgan fingerprint density at radius 2 is 2.13 bits per heavy atom. The van der Waals surface area contributed by atoms with E-state index in [2.05, 4.69) is 10.3 Å². The molecule has 0 radical (unpaired) electrons. The Morgan fingerprint density at radius 3 is 2.74 bits per heavy atom. The van der Waals surface area contributed by atoms with E-state index in [1.54, 1.807) is 18.2 Å². The van der Waals surface area contributed by atoms with Gasteiger partial charge in [0.25, 0.3) is 0 Å². The molecule has 0 aliphatic rings. The molecule has 0 heterocycles. The van der Waals surface area contributed by atoms with E-state index < -0.39 is 0 Å². The van der Waals surface area contributed by atoms with Gasteiger partial charge in [0.2, 0.25) is 0 Å². The van der Waals surface area contributed by atoms with Crippen molar-refractivity contribution in [2.45, 2.75) is 13.8 Å². The lowest BCUT2D eigenvalue weighted by Gasteiger charge is -2.22. The van der Waals surface area contributed by atoms with Crippen molar-refractivity contribution in [3.8, 4) is 5.75 Å². The number of hydrogen-bond donors (Lipinski definition) is 2. The number of aliphatic imine (C=N–C) groups is 1. The van der Waals surface area contributed by atoms with Gasteiger partial charge in [-0.3, -0.25) is 4.99 Å². The standard InChI is InChI=1S/C16H26FN3O2.HI/c1-4-18-16(19-11-13(2)12-21)20(3)9-10-22-15-8-6-5-7-14(15)17;/h5-8,13,21H,4,9-12H2,1-3H3,(H,18,19);1H. The third-order valence-corrected chi connectivity index (χ3v) is 3.08. The molecule has 0 aromatic heterocycles. The van der Waals surface area contributed by atoms with Crippen molar-refractivity contribution in [1.29, 1.82) is 0 Å². The number of likely N-dealkylation sites (N-methyl/N-ethyl adjacent to an activating group) is 1. The van der Waals surface area contributed by atoms with Crippen LogP contribution in [0.1, 0.15) is 13.8 Å². The van der Waals surface area contributed by atoms with Gasteiger partial charge in [-0.2, -0.15) is 0 Å². The maximum atomic E-state index is 13.4. The van der Waals surface area contributed by atoms with E-state index in [-0.39, 0.29) is 48.1 Å². The first kappa shape index (κ1) is 21.9. The van der Waals surface area contributed by atoms with Gasteiger partial charge in [-0.05, 0) is 25.0 Å². The van der Waals surface area contributed by atoms with Crippen molar-refractivity contribution >= 4 is 29.9 Å². The minimum absolute atomic E-state index is 0. The average Bonchev–Trinajstić information content (AvgIpc) is 2.52. The lowest BCUT2D eigenvalue weighted by atomic mass is 10.2. The molecule has 1 aromatic carbocycles. The highest BCUT2D eigenvalue weighted by Crippen LogP contribution is 2.14. The van der Waals surface area contributed by atoms with Crippen LogP contribution in [0.2, 0.25) is 0 Å². The normalized spacial score (nSPS) is 12.3. The molecule has 0 saturated carbocycles. The van der Waals surface area contributed by atoms with Gasteiger partial charge >= 0.3 is 0 Å². The summed E-state index contributed by atoms with van der Waals surface area (Å²) < 4.78 is 18.9. The van der Waals surface area contributed by atoms with E-state index in [0.717, 1.165) is 12.5 Å². The van der Waals surface area contributed by atoms with Gasteiger partial charge in [-0.15, -0.1) is 24.0 Å². The zero-order valence-electron chi connectivity index (χ0n) is 14.0. The molecule has 1 atom stereocenters. The second-order valence-corrected chi connectivity index (χ2v) is 5.18. The third kappa shape index (κ3) is 8.36. The van der Waals surface area contributed by atoms with Gasteiger partial charge in [0, 0.05) is 26.7 Å². The third-order valence-electron chi connectivity index (χ3n) is 3.08. The molecule has 0 bridgehead atoms. The number of halogens is 2. The summed E-state index contributed by atoms with van der Waals surface area (Å²) in [7, 11) is 1.90. The van der Waals surface area contributed by atoms with Crippen molar-refractivity contribution in [2.75, 3.05) is 39.9 Å². The fourth-order valence-electron chi connectivity index (χ4n) is 1.73. The number of nitrogens with zero attached hydrogens (tertiary/aromatic N) is 2. The molecular weight excluding hydrogens is 412 g/mol. The van der Waals surface area contributed by atoms with Crippen LogP contribution in [0.15, 0.2) is 29.3 Å². The fraction of sp³-hybridized carbons (Fsp3) is 0.562. The van der Waals surface area contributed by atoms with E-state index in [1.807, 2.05) is 25.8 Å². The Bertz CT molecular complexity index is 474. The zero-order chi connectivity index (χ0) is 16.4. The number of guanidine groups is 1. The quantitative estimate of drug-likeness (QED) is 0.371. The van der Waals surface area contributed by atoms with Crippen LogP contribution in [0, 0.1) is 11.7 Å². The summed E-state index contributed by atoms with van der Waals surface area (Å²) in [5.74, 6) is 0.769. The molecule has 2 N–H and O–H groups in total. The van der Waals surface area contributed by atoms with Crippen molar-refractivity contribution in [3.63, 3.8) is 0 Å². The maximum Gasteiger partial charge on any atom is 0.193 e. The highest BCUT2D eigenvalue weighted by atomic mass is 127. The van der Waals surface area contributed by atoms with Gasteiger partial charge in [-0.1, -0.05) is 19.1 Å². The van der Waals surface area contributed by atoms with Crippen LogP contribution in [-0.2, 0) is 0 Å². The monoisotopic (exact) mass is 439 g/mol. The predicted octanol–water partition coefficient (Wildman–Crippen LogP) is 2.35. The number of aliphatic hydroxyl groups is 1. The molecular formula is C16H27FIN3O2. The number of nitrogens with one attached hydrogen (secondary N) is 1. The van der Waals surface area contributed by atoms with Crippen LogP contribution in [0.3, 0.4) is 0 Å². The van der Waals surface area contributed by atoms with Crippen LogP contribution in [0.25, 0.3) is 0 Å². The number of rotatable bonds is 8. The molecule has 0 amide bonds. The Morgan fingerprint density at radius 1 is 1.43 bits per heavy atom. The molecule has 1 unspecified atom stereocenters. The van der Waals surface area contributed by atoms with Gasteiger partial charge in [-0.25, -0.2) is 4.39 Å². The molecule has 5 nitrogen and oxygen atoms in total. The number of ether oxygens (including phenoxy) is 1. The molecule has 1 rings (SSSR count). The molecule has 0 fully saturated rings. The van der Waals surface area contributed by atoms with E-state index in [9.17, 15) is 4.39 Å². The van der Waals surface area contributed by atoms with Crippen molar-refractivity contribution in [3.05, 3.63) is 30.1 Å². The van der Waals surface area contributed by atoms with Crippen LogP contribution < -0.4 is 10.1 Å². The second-order valence-electron chi connectivity index (χ2n) is 5.18. The minimum Gasteiger partial charge on any atom is -0.489 e. The molecule has 0 aliphatic carbocycles. The summed E-state index contributed by atoms with van der Waals surface area (Å²) in [5.41, 5.74) is 0. The van der Waals surface area contributed by atoms with E-state index >= 15 is 0 Å². The van der Waals surface area contributed by atoms with E-state index in [0.29, 0.717) is 19.7 Å². The summed E-state index contributed by atoms with van der Waals surface area (Å²) in [6, 6.07) is 6.36. The lowest BCUT2D eigenvalue weighted by molar-refractivity contribution is 0.240. The lowest BCUT2D eigenvalue weighted by Crippen LogP contribution is -2.41. The fourth-order valence-corrected chi connectivity index (χ4v) is 1.73. The first-order valence-electron chi connectivity index (χ1n) is 7.56. The predicted molar refractivity (Wildman–Crippen MR) is 102 cm³/mol. The molecule has 132 valence electrons. The Balaban J connectivity index is 0.00000484. The molecule has 7 heteroatoms. The first-order chi connectivity index (χ1) is 10.6. The Hall–Kier alpha value is -1.09. The average molecular weight is 439 g/mol. The zero-order valence-corrected chi connectivity index (χ0v) is 16.3. The maximum absolute atomic E-state index is 13.4. The summed E-state index contributed by atoms with van der Waals surface area (Å²) in [5, 5.41) is 12.2. The summed E-state index contributed by atoms with van der Waals surface area (Å²) in [4.78, 5) is 6.39. The topological polar surface area (TPSA) is 57.1 Å². The Kier molecular flexibility index (Phi) is 11.8.